The molecule has 0 aliphatic carbocycles. The molecule has 29 heavy (non-hydrogen) atoms. The van der Waals surface area contributed by atoms with Gasteiger partial charge in [0.1, 0.15) is 5.84 Å². The number of likely N-dealkylation sites (tertiary alicyclic amines) is 1. The Morgan fingerprint density at radius 2 is 2.14 bits per heavy atom. The zero-order valence-electron chi connectivity index (χ0n) is 16.4. The molecule has 0 aromatic heterocycles. The van der Waals surface area contributed by atoms with Crippen molar-refractivity contribution < 1.29 is 14.3 Å². The maximum absolute atomic E-state index is 12.7. The summed E-state index contributed by atoms with van der Waals surface area (Å²) >= 11 is 12.0. The van der Waals surface area contributed by atoms with Gasteiger partial charge in [-0.1, -0.05) is 23.2 Å². The summed E-state index contributed by atoms with van der Waals surface area (Å²) in [7, 11) is 1.93. The molecule has 2 atom stereocenters. The number of benzene rings is 1. The first-order chi connectivity index (χ1) is 14.0. The van der Waals surface area contributed by atoms with Crippen molar-refractivity contribution in [2.75, 3.05) is 51.5 Å². The molecule has 3 rings (SSSR count). The fourth-order valence-corrected chi connectivity index (χ4v) is 3.73. The van der Waals surface area contributed by atoms with Crippen molar-refractivity contribution in [1.29, 1.82) is 0 Å². The first-order valence-corrected chi connectivity index (χ1v) is 10.4. The molecule has 1 saturated heterocycles. The average molecular weight is 444 g/mol. The van der Waals surface area contributed by atoms with Gasteiger partial charge in [0, 0.05) is 26.1 Å². The fraction of sp³-hybridized carbons (Fsp3) is 0.579. The van der Waals surface area contributed by atoms with Gasteiger partial charge in [0.15, 0.2) is 0 Å². The van der Waals surface area contributed by atoms with Crippen LogP contribution in [0, 0.1) is 0 Å². The number of nitrogens with two attached hydrogens (primary N) is 1. The number of ether oxygens (including phenoxy) is 2. The van der Waals surface area contributed by atoms with Crippen LogP contribution in [0.1, 0.15) is 12.8 Å². The van der Waals surface area contributed by atoms with Crippen molar-refractivity contribution >= 4 is 40.6 Å². The van der Waals surface area contributed by atoms with Gasteiger partial charge in [0.25, 0.3) is 0 Å². The highest BCUT2D eigenvalue weighted by Gasteiger charge is 2.35. The summed E-state index contributed by atoms with van der Waals surface area (Å²) in [5, 5.41) is 10.2. The van der Waals surface area contributed by atoms with E-state index in [0.29, 0.717) is 68.2 Å². The molecule has 1 amide bonds. The SMILES string of the molecule is CN1C[C@@H](OCCOCCN)C[C@H]1C(=O)NC1=NN(c2ccc(Cl)c(Cl)c2)CC1. The van der Waals surface area contributed by atoms with E-state index in [9.17, 15) is 4.79 Å². The highest BCUT2D eigenvalue weighted by atomic mass is 35.5. The number of hydrogen-bond donors (Lipinski definition) is 2. The number of likely N-dealkylation sites (N-methyl/N-ethyl adjacent to an activating group) is 1. The summed E-state index contributed by atoms with van der Waals surface area (Å²) in [5.41, 5.74) is 6.22. The maximum Gasteiger partial charge on any atom is 0.242 e. The first-order valence-electron chi connectivity index (χ1n) is 9.68. The standard InChI is InChI=1S/C19H27Cl2N5O3/c1-25-12-14(29-9-8-28-7-5-22)11-17(25)19(27)23-18-4-6-26(24-18)13-2-3-15(20)16(21)10-13/h2-3,10,14,17H,4-9,11-12,22H2,1H3,(H,23,24,27)/t14-,17-/m0/s1. The van der Waals surface area contributed by atoms with E-state index < -0.39 is 0 Å². The van der Waals surface area contributed by atoms with Crippen LogP contribution in [0.15, 0.2) is 23.3 Å². The van der Waals surface area contributed by atoms with Crippen LogP contribution in [0.4, 0.5) is 5.69 Å². The molecule has 2 heterocycles. The number of amidine groups is 1. The quantitative estimate of drug-likeness (QED) is 0.593. The number of hydrogen-bond acceptors (Lipinski definition) is 7. The lowest BCUT2D eigenvalue weighted by atomic mass is 10.2. The minimum absolute atomic E-state index is 0.00968. The van der Waals surface area contributed by atoms with E-state index in [1.807, 2.05) is 23.0 Å². The largest absolute Gasteiger partial charge is 0.378 e. The van der Waals surface area contributed by atoms with Gasteiger partial charge in [-0.2, -0.15) is 5.10 Å². The molecule has 0 radical (unpaired) electrons. The van der Waals surface area contributed by atoms with Crippen LogP contribution >= 0.6 is 23.2 Å². The van der Waals surface area contributed by atoms with Crippen LogP contribution in [-0.4, -0.2) is 75.3 Å². The molecule has 3 N–H and O–H groups in total. The Labute approximate surface area is 180 Å². The predicted molar refractivity (Wildman–Crippen MR) is 115 cm³/mol. The topological polar surface area (TPSA) is 92.4 Å². The number of amides is 1. The number of anilines is 1. The van der Waals surface area contributed by atoms with Gasteiger partial charge in [-0.15, -0.1) is 0 Å². The molecule has 0 unspecified atom stereocenters. The van der Waals surface area contributed by atoms with E-state index in [2.05, 4.69) is 10.4 Å². The highest BCUT2D eigenvalue weighted by molar-refractivity contribution is 6.42. The highest BCUT2D eigenvalue weighted by Crippen LogP contribution is 2.28. The van der Waals surface area contributed by atoms with Crippen LogP contribution in [0.25, 0.3) is 0 Å². The van der Waals surface area contributed by atoms with E-state index in [0.717, 1.165) is 5.69 Å². The summed E-state index contributed by atoms with van der Waals surface area (Å²) in [6, 6.07) is 5.11. The number of carbonyl (C=O) groups excluding carboxylic acids is 1. The molecule has 1 aromatic rings. The third-order valence-electron chi connectivity index (χ3n) is 4.93. The summed E-state index contributed by atoms with van der Waals surface area (Å²) in [4.78, 5) is 14.7. The summed E-state index contributed by atoms with van der Waals surface area (Å²) in [6.07, 6.45) is 1.31. The Kier molecular flexibility index (Phi) is 8.11. The molecular formula is C19H27Cl2N5O3. The molecule has 8 nitrogen and oxygen atoms in total. The molecular weight excluding hydrogens is 417 g/mol. The molecule has 2 aliphatic heterocycles. The van der Waals surface area contributed by atoms with E-state index in [1.165, 1.54) is 0 Å². The van der Waals surface area contributed by atoms with Crippen LogP contribution in [0.3, 0.4) is 0 Å². The van der Waals surface area contributed by atoms with Crippen LogP contribution in [0.5, 0.6) is 0 Å². The van der Waals surface area contributed by atoms with Gasteiger partial charge < -0.3 is 20.5 Å². The van der Waals surface area contributed by atoms with Crippen molar-refractivity contribution in [3.63, 3.8) is 0 Å². The Balaban J connectivity index is 1.49. The van der Waals surface area contributed by atoms with E-state index in [-0.39, 0.29) is 18.1 Å². The van der Waals surface area contributed by atoms with Crippen LogP contribution in [-0.2, 0) is 14.3 Å². The maximum atomic E-state index is 12.7. The average Bonchev–Trinajstić information content (AvgIpc) is 3.30. The Morgan fingerprint density at radius 3 is 2.90 bits per heavy atom. The van der Waals surface area contributed by atoms with Crippen molar-refractivity contribution in [1.82, 2.24) is 10.2 Å². The van der Waals surface area contributed by atoms with Crippen molar-refractivity contribution in [3.05, 3.63) is 28.2 Å². The van der Waals surface area contributed by atoms with Crippen molar-refractivity contribution in [2.24, 2.45) is 10.8 Å². The van der Waals surface area contributed by atoms with Gasteiger partial charge in [0.2, 0.25) is 5.91 Å². The number of nitrogens with zero attached hydrogens (tertiary/aromatic N) is 3. The molecule has 1 fully saturated rings. The van der Waals surface area contributed by atoms with Crippen LogP contribution in [0.2, 0.25) is 10.0 Å². The van der Waals surface area contributed by atoms with Gasteiger partial charge in [-0.3, -0.25) is 14.7 Å². The predicted octanol–water partition coefficient (Wildman–Crippen LogP) is 1.70. The summed E-state index contributed by atoms with van der Waals surface area (Å²) in [5.74, 6) is 0.585. The van der Waals surface area contributed by atoms with Crippen LogP contribution < -0.4 is 16.1 Å². The molecule has 2 aliphatic rings. The summed E-state index contributed by atoms with van der Waals surface area (Å²) < 4.78 is 11.1. The first kappa shape index (κ1) is 22.3. The minimum Gasteiger partial charge on any atom is -0.378 e. The third-order valence-corrected chi connectivity index (χ3v) is 5.67. The number of nitrogens with one attached hydrogen (secondary N) is 1. The number of rotatable bonds is 8. The van der Waals surface area contributed by atoms with Gasteiger partial charge in [-0.05, 0) is 31.7 Å². The van der Waals surface area contributed by atoms with E-state index >= 15 is 0 Å². The zero-order valence-corrected chi connectivity index (χ0v) is 18.0. The smallest absolute Gasteiger partial charge is 0.242 e. The molecule has 1 aromatic carbocycles. The lowest BCUT2D eigenvalue weighted by molar-refractivity contribution is -0.123. The van der Waals surface area contributed by atoms with Crippen molar-refractivity contribution in [2.45, 2.75) is 25.0 Å². The molecule has 160 valence electrons. The number of hydrazone groups is 1. The third kappa shape index (κ3) is 6.04. The monoisotopic (exact) mass is 443 g/mol. The van der Waals surface area contributed by atoms with E-state index in [1.54, 1.807) is 12.1 Å². The molecule has 0 bridgehead atoms. The second-order valence-corrected chi connectivity index (χ2v) is 7.91. The lowest BCUT2D eigenvalue weighted by Crippen LogP contribution is -2.43. The Bertz CT molecular complexity index is 749. The summed E-state index contributed by atoms with van der Waals surface area (Å²) in [6.45, 7) is 3.41. The van der Waals surface area contributed by atoms with Gasteiger partial charge in [-0.25, -0.2) is 0 Å². The fourth-order valence-electron chi connectivity index (χ4n) is 3.44. The number of carbonyl (C=O) groups is 1. The molecule has 0 spiro atoms. The Hall–Kier alpha value is -1.42. The minimum atomic E-state index is -0.244. The van der Waals surface area contributed by atoms with Gasteiger partial charge >= 0.3 is 0 Å². The van der Waals surface area contributed by atoms with Gasteiger partial charge in [0.05, 0.1) is 47.7 Å². The normalized spacial score (nSPS) is 22.2. The number of halogens is 2. The lowest BCUT2D eigenvalue weighted by Gasteiger charge is -2.17. The van der Waals surface area contributed by atoms with E-state index in [4.69, 9.17) is 38.4 Å². The zero-order chi connectivity index (χ0) is 20.8. The second kappa shape index (κ2) is 10.6. The van der Waals surface area contributed by atoms with Crippen molar-refractivity contribution in [3.8, 4) is 0 Å². The second-order valence-electron chi connectivity index (χ2n) is 7.09. The molecule has 0 saturated carbocycles. The Morgan fingerprint density at radius 1 is 1.31 bits per heavy atom. The molecule has 10 heteroatoms.